The van der Waals surface area contributed by atoms with E-state index in [9.17, 15) is 0 Å². The van der Waals surface area contributed by atoms with Crippen molar-refractivity contribution in [2.24, 2.45) is 10.9 Å². The van der Waals surface area contributed by atoms with Crippen LogP contribution in [-0.4, -0.2) is 61.6 Å². The lowest BCUT2D eigenvalue weighted by Crippen LogP contribution is -2.40. The smallest absolute Gasteiger partial charge is 0.191 e. The molecule has 1 saturated carbocycles. The fourth-order valence-corrected chi connectivity index (χ4v) is 4.59. The molecule has 1 atom stereocenters. The standard InChI is InChI=1S/C23H37N5/c1-24-23(26-16-21-11-14-28(18-21)22-9-10-22)25-15-19-5-7-20(8-6-19)17-27-12-3-2-4-13-27/h5-8,21-22H,2-4,9-18H2,1H3,(H2,24,25,26). The second-order valence-corrected chi connectivity index (χ2v) is 8.84. The summed E-state index contributed by atoms with van der Waals surface area (Å²) >= 11 is 0. The van der Waals surface area contributed by atoms with Crippen LogP contribution in [0.25, 0.3) is 0 Å². The maximum atomic E-state index is 4.40. The third-order valence-corrected chi connectivity index (χ3v) is 6.50. The van der Waals surface area contributed by atoms with Gasteiger partial charge in [0, 0.05) is 39.3 Å². The summed E-state index contributed by atoms with van der Waals surface area (Å²) in [5.41, 5.74) is 2.74. The van der Waals surface area contributed by atoms with Gasteiger partial charge in [-0.25, -0.2) is 0 Å². The molecule has 0 aromatic heterocycles. The number of nitrogens with zero attached hydrogens (tertiary/aromatic N) is 3. The minimum Gasteiger partial charge on any atom is -0.356 e. The maximum Gasteiger partial charge on any atom is 0.191 e. The number of benzene rings is 1. The lowest BCUT2D eigenvalue weighted by atomic mass is 10.1. The third kappa shape index (κ3) is 5.71. The zero-order chi connectivity index (χ0) is 19.2. The van der Waals surface area contributed by atoms with E-state index in [2.05, 4.69) is 49.7 Å². The molecule has 2 heterocycles. The van der Waals surface area contributed by atoms with Gasteiger partial charge in [0.25, 0.3) is 0 Å². The molecule has 1 unspecified atom stereocenters. The molecule has 2 saturated heterocycles. The Morgan fingerprint density at radius 1 is 0.964 bits per heavy atom. The van der Waals surface area contributed by atoms with Gasteiger partial charge in [-0.05, 0) is 68.8 Å². The molecule has 1 aromatic carbocycles. The predicted octanol–water partition coefficient (Wildman–Crippen LogP) is 2.82. The van der Waals surface area contributed by atoms with Gasteiger partial charge < -0.3 is 15.5 Å². The van der Waals surface area contributed by atoms with Crippen LogP contribution >= 0.6 is 0 Å². The van der Waals surface area contributed by atoms with Crippen LogP contribution in [0.4, 0.5) is 0 Å². The summed E-state index contributed by atoms with van der Waals surface area (Å²) < 4.78 is 0. The third-order valence-electron chi connectivity index (χ3n) is 6.50. The molecule has 154 valence electrons. The largest absolute Gasteiger partial charge is 0.356 e. The Kier molecular flexibility index (Phi) is 6.86. The van der Waals surface area contributed by atoms with Crippen molar-refractivity contribution in [2.45, 2.75) is 57.7 Å². The number of rotatable bonds is 7. The molecule has 2 aliphatic heterocycles. The first kappa shape index (κ1) is 19.7. The van der Waals surface area contributed by atoms with Crippen LogP contribution in [0.5, 0.6) is 0 Å². The molecule has 3 fully saturated rings. The van der Waals surface area contributed by atoms with Crippen molar-refractivity contribution in [3.8, 4) is 0 Å². The first-order chi connectivity index (χ1) is 13.8. The molecule has 5 nitrogen and oxygen atoms in total. The highest BCUT2D eigenvalue weighted by molar-refractivity contribution is 5.79. The van der Waals surface area contributed by atoms with E-state index in [1.165, 1.54) is 75.8 Å². The highest BCUT2D eigenvalue weighted by Gasteiger charge is 2.34. The number of piperidine rings is 1. The van der Waals surface area contributed by atoms with Gasteiger partial charge in [0.15, 0.2) is 5.96 Å². The monoisotopic (exact) mass is 383 g/mol. The van der Waals surface area contributed by atoms with E-state index in [1.807, 2.05) is 7.05 Å². The molecule has 28 heavy (non-hydrogen) atoms. The number of aliphatic imine (C=N–C) groups is 1. The van der Waals surface area contributed by atoms with Crippen molar-refractivity contribution in [1.29, 1.82) is 0 Å². The van der Waals surface area contributed by atoms with Gasteiger partial charge in [-0.1, -0.05) is 30.7 Å². The van der Waals surface area contributed by atoms with Crippen LogP contribution in [-0.2, 0) is 13.1 Å². The SMILES string of the molecule is CN=C(NCc1ccc(CN2CCCCC2)cc1)NCC1CCN(C2CC2)C1. The van der Waals surface area contributed by atoms with Gasteiger partial charge >= 0.3 is 0 Å². The van der Waals surface area contributed by atoms with E-state index < -0.39 is 0 Å². The molecule has 1 aromatic rings. The highest BCUT2D eigenvalue weighted by Crippen LogP contribution is 2.31. The van der Waals surface area contributed by atoms with Gasteiger partial charge in [-0.15, -0.1) is 0 Å². The molecular weight excluding hydrogens is 346 g/mol. The number of likely N-dealkylation sites (tertiary alicyclic amines) is 2. The first-order valence-corrected chi connectivity index (χ1v) is 11.3. The Morgan fingerprint density at radius 3 is 2.43 bits per heavy atom. The summed E-state index contributed by atoms with van der Waals surface area (Å²) in [7, 11) is 1.86. The van der Waals surface area contributed by atoms with Crippen molar-refractivity contribution >= 4 is 5.96 Å². The molecule has 4 rings (SSSR count). The van der Waals surface area contributed by atoms with Crippen molar-refractivity contribution in [3.05, 3.63) is 35.4 Å². The van der Waals surface area contributed by atoms with E-state index in [0.717, 1.165) is 37.6 Å². The molecule has 5 heteroatoms. The Balaban J connectivity index is 1.17. The molecule has 3 aliphatic rings. The molecular formula is C23H37N5. The van der Waals surface area contributed by atoms with Gasteiger partial charge in [0.05, 0.1) is 0 Å². The van der Waals surface area contributed by atoms with Gasteiger partial charge in [-0.3, -0.25) is 9.89 Å². The highest BCUT2D eigenvalue weighted by atomic mass is 15.2. The second-order valence-electron chi connectivity index (χ2n) is 8.84. The van der Waals surface area contributed by atoms with E-state index in [4.69, 9.17) is 0 Å². The Labute approximate surface area is 170 Å². The van der Waals surface area contributed by atoms with Crippen molar-refractivity contribution in [2.75, 3.05) is 39.8 Å². The molecule has 0 bridgehead atoms. The lowest BCUT2D eigenvalue weighted by Gasteiger charge is -2.26. The van der Waals surface area contributed by atoms with Gasteiger partial charge in [0.2, 0.25) is 0 Å². The van der Waals surface area contributed by atoms with Crippen LogP contribution in [0.3, 0.4) is 0 Å². The van der Waals surface area contributed by atoms with Gasteiger partial charge in [0.1, 0.15) is 0 Å². The van der Waals surface area contributed by atoms with Crippen LogP contribution in [0.2, 0.25) is 0 Å². The quantitative estimate of drug-likeness (QED) is 0.561. The van der Waals surface area contributed by atoms with Crippen molar-refractivity contribution in [3.63, 3.8) is 0 Å². The van der Waals surface area contributed by atoms with E-state index in [1.54, 1.807) is 0 Å². The van der Waals surface area contributed by atoms with E-state index in [-0.39, 0.29) is 0 Å². The lowest BCUT2D eigenvalue weighted by molar-refractivity contribution is 0.221. The number of nitrogens with one attached hydrogen (secondary N) is 2. The Morgan fingerprint density at radius 2 is 1.71 bits per heavy atom. The van der Waals surface area contributed by atoms with Crippen LogP contribution in [0.15, 0.2) is 29.3 Å². The van der Waals surface area contributed by atoms with Gasteiger partial charge in [-0.2, -0.15) is 0 Å². The Bertz CT molecular complexity index is 631. The summed E-state index contributed by atoms with van der Waals surface area (Å²) in [5.74, 6) is 1.68. The number of hydrogen-bond acceptors (Lipinski definition) is 3. The molecule has 0 spiro atoms. The average Bonchev–Trinajstić information content (AvgIpc) is 3.48. The summed E-state index contributed by atoms with van der Waals surface area (Å²) in [6, 6.07) is 9.98. The summed E-state index contributed by atoms with van der Waals surface area (Å²) in [5, 5.41) is 7.00. The topological polar surface area (TPSA) is 42.9 Å². The molecule has 0 amide bonds. The zero-order valence-electron chi connectivity index (χ0n) is 17.5. The van der Waals surface area contributed by atoms with Crippen LogP contribution in [0, 0.1) is 5.92 Å². The predicted molar refractivity (Wildman–Crippen MR) is 116 cm³/mol. The second kappa shape index (κ2) is 9.75. The van der Waals surface area contributed by atoms with Crippen molar-refractivity contribution in [1.82, 2.24) is 20.4 Å². The number of hydrogen-bond donors (Lipinski definition) is 2. The van der Waals surface area contributed by atoms with Crippen LogP contribution in [0.1, 0.15) is 49.7 Å². The number of guanidine groups is 1. The minimum absolute atomic E-state index is 0.758. The van der Waals surface area contributed by atoms with E-state index >= 15 is 0 Å². The first-order valence-electron chi connectivity index (χ1n) is 11.3. The van der Waals surface area contributed by atoms with Crippen LogP contribution < -0.4 is 10.6 Å². The maximum absolute atomic E-state index is 4.40. The fraction of sp³-hybridized carbons (Fsp3) is 0.696. The zero-order valence-corrected chi connectivity index (χ0v) is 17.5. The minimum atomic E-state index is 0.758. The van der Waals surface area contributed by atoms with E-state index in [0.29, 0.717) is 0 Å². The summed E-state index contributed by atoms with van der Waals surface area (Å²) in [4.78, 5) is 9.65. The Hall–Kier alpha value is -1.59. The average molecular weight is 384 g/mol. The summed E-state index contributed by atoms with van der Waals surface area (Å²) in [6.45, 7) is 7.99. The fourth-order valence-electron chi connectivity index (χ4n) is 4.59. The molecule has 0 radical (unpaired) electrons. The normalized spacial score (nSPS) is 24.5. The summed E-state index contributed by atoms with van der Waals surface area (Å²) in [6.07, 6.45) is 8.26. The molecule has 1 aliphatic carbocycles. The molecule has 2 N–H and O–H groups in total. The van der Waals surface area contributed by atoms with Crippen molar-refractivity contribution < 1.29 is 0 Å².